The van der Waals surface area contributed by atoms with Gasteiger partial charge in [0.25, 0.3) is 11.8 Å². The first kappa shape index (κ1) is 24.0. The van der Waals surface area contributed by atoms with Gasteiger partial charge in [-0.05, 0) is 13.3 Å². The number of carbonyl (C=O) groups excluding carboxylic acids is 4. The molecule has 0 aromatic carbocycles. The van der Waals surface area contributed by atoms with Gasteiger partial charge < -0.3 is 37.4 Å². The van der Waals surface area contributed by atoms with Crippen LogP contribution < -0.4 is 33.0 Å². The number of nitrogens with one attached hydrogen (secondary N) is 4. The van der Waals surface area contributed by atoms with Crippen LogP contribution in [0.15, 0.2) is 0 Å². The van der Waals surface area contributed by atoms with Gasteiger partial charge in [-0.3, -0.25) is 25.2 Å². The molecule has 1 unspecified atom stereocenters. The lowest BCUT2D eigenvalue weighted by Crippen LogP contribution is -2.59. The quantitative estimate of drug-likeness (QED) is 0.162. The molecule has 11 N–H and O–H groups in total. The third-order valence-electron chi connectivity index (χ3n) is 3.15. The number of hydrazine groups is 1. The number of urea groups is 1. The van der Waals surface area contributed by atoms with E-state index in [1.54, 1.807) is 0 Å². The Labute approximate surface area is 153 Å². The van der Waals surface area contributed by atoms with Gasteiger partial charge in [0, 0.05) is 6.61 Å². The molecule has 0 rings (SSSR count). The van der Waals surface area contributed by atoms with Crippen molar-refractivity contribution in [2.45, 2.75) is 44.0 Å². The highest BCUT2D eigenvalue weighted by atomic mass is 16.4. The summed E-state index contributed by atoms with van der Waals surface area (Å²) in [6.45, 7) is 0.764. The minimum absolute atomic E-state index is 0.0665. The zero-order chi connectivity index (χ0) is 21.1. The monoisotopic (exact) mass is 392 g/mol. The van der Waals surface area contributed by atoms with Crippen molar-refractivity contribution in [3.8, 4) is 0 Å². The van der Waals surface area contributed by atoms with Crippen LogP contribution in [0.25, 0.3) is 0 Å². The van der Waals surface area contributed by atoms with Crippen molar-refractivity contribution in [3.63, 3.8) is 0 Å². The van der Waals surface area contributed by atoms with Crippen molar-refractivity contribution >= 4 is 29.7 Å². The fraction of sp³-hybridized carbons (Fsp3) is 0.615. The third kappa shape index (κ3) is 9.34. The summed E-state index contributed by atoms with van der Waals surface area (Å²) in [6, 6.07) is -5.50. The number of hydrogen-bond acceptors (Lipinski definition) is 8. The van der Waals surface area contributed by atoms with Gasteiger partial charge in [0.05, 0.1) is 18.6 Å². The number of aliphatic hydroxyl groups excluding tert-OH is 2. The Bertz CT molecular complexity index is 569. The molecule has 0 aromatic rings. The van der Waals surface area contributed by atoms with Crippen molar-refractivity contribution in [1.82, 2.24) is 21.5 Å². The van der Waals surface area contributed by atoms with Gasteiger partial charge in [-0.25, -0.2) is 9.59 Å². The molecule has 5 amide bonds. The predicted molar refractivity (Wildman–Crippen MR) is 88.3 cm³/mol. The number of carbonyl (C=O) groups is 5. The number of rotatable bonds is 10. The summed E-state index contributed by atoms with van der Waals surface area (Å²) in [5, 5.41) is 30.8. The number of aliphatic hydroxyl groups is 2. The lowest BCUT2D eigenvalue weighted by atomic mass is 10.1. The standard InChI is InChI=1S/C13H24N6O8/c1-5(21)9(12(25)26)17-13(27)16-7(4-8(15)22)11(24)19-18-10(23)6(14)2-3-20/h5-7,9,20-21H,2-4,14H2,1H3,(H2,15,22)(H,18,23)(H,19,24)(H,25,26)(H2,16,17,27)/t5?,6-,7-,9-/m0/s1. The van der Waals surface area contributed by atoms with E-state index in [1.165, 1.54) is 0 Å². The van der Waals surface area contributed by atoms with E-state index >= 15 is 0 Å². The van der Waals surface area contributed by atoms with E-state index < -0.39 is 60.4 Å². The van der Waals surface area contributed by atoms with E-state index in [0.29, 0.717) is 0 Å². The molecule has 0 saturated carbocycles. The van der Waals surface area contributed by atoms with Gasteiger partial charge in [-0.15, -0.1) is 0 Å². The highest BCUT2D eigenvalue weighted by Crippen LogP contribution is 1.96. The molecular formula is C13H24N6O8. The summed E-state index contributed by atoms with van der Waals surface area (Å²) in [5.41, 5.74) is 14.2. The van der Waals surface area contributed by atoms with Gasteiger partial charge in [-0.1, -0.05) is 0 Å². The zero-order valence-corrected chi connectivity index (χ0v) is 14.5. The second kappa shape index (κ2) is 11.6. The van der Waals surface area contributed by atoms with Crippen LogP contribution in [0.5, 0.6) is 0 Å². The Morgan fingerprint density at radius 1 is 1.04 bits per heavy atom. The highest BCUT2D eigenvalue weighted by Gasteiger charge is 2.28. The molecule has 154 valence electrons. The van der Waals surface area contributed by atoms with Crippen molar-refractivity contribution in [2.75, 3.05) is 6.61 Å². The maximum absolute atomic E-state index is 12.0. The van der Waals surface area contributed by atoms with Crippen LogP contribution in [0.1, 0.15) is 19.8 Å². The minimum Gasteiger partial charge on any atom is -0.480 e. The summed E-state index contributed by atoms with van der Waals surface area (Å²) < 4.78 is 0. The summed E-state index contributed by atoms with van der Waals surface area (Å²) >= 11 is 0. The summed E-state index contributed by atoms with van der Waals surface area (Å²) in [4.78, 5) is 57.4. The van der Waals surface area contributed by atoms with E-state index in [0.717, 1.165) is 6.92 Å². The SMILES string of the molecule is CC(O)[C@H](NC(=O)N[C@@H](CC(N)=O)C(=O)NNC(=O)[C@@H](N)CCO)C(=O)O. The van der Waals surface area contributed by atoms with Crippen LogP contribution in [0.4, 0.5) is 4.79 Å². The lowest BCUT2D eigenvalue weighted by molar-refractivity contribution is -0.141. The summed E-state index contributed by atoms with van der Waals surface area (Å²) in [7, 11) is 0. The predicted octanol–water partition coefficient (Wildman–Crippen LogP) is -4.78. The molecule has 27 heavy (non-hydrogen) atoms. The molecule has 0 aliphatic rings. The Hall–Kier alpha value is -2.97. The Balaban J connectivity index is 4.88. The molecule has 0 aromatic heterocycles. The number of carboxylic acid groups (broad SMARTS) is 1. The van der Waals surface area contributed by atoms with Crippen LogP contribution >= 0.6 is 0 Å². The number of amides is 5. The first-order valence-corrected chi connectivity index (χ1v) is 7.71. The van der Waals surface area contributed by atoms with Crippen molar-refractivity contribution in [1.29, 1.82) is 0 Å². The third-order valence-corrected chi connectivity index (χ3v) is 3.15. The van der Waals surface area contributed by atoms with Gasteiger partial charge >= 0.3 is 12.0 Å². The Morgan fingerprint density at radius 2 is 1.59 bits per heavy atom. The molecule has 0 radical (unpaired) electrons. The van der Waals surface area contributed by atoms with Gasteiger partial charge in [0.1, 0.15) is 6.04 Å². The smallest absolute Gasteiger partial charge is 0.328 e. The molecule has 14 heteroatoms. The number of primary amides is 1. The molecule has 14 nitrogen and oxygen atoms in total. The first-order valence-electron chi connectivity index (χ1n) is 7.71. The summed E-state index contributed by atoms with van der Waals surface area (Å²) in [5.74, 6) is -4.37. The second-order valence-corrected chi connectivity index (χ2v) is 5.49. The topological polar surface area (TPSA) is 246 Å². The molecule has 0 aliphatic heterocycles. The van der Waals surface area contributed by atoms with E-state index in [4.69, 9.17) is 21.7 Å². The normalized spacial score (nSPS) is 14.8. The largest absolute Gasteiger partial charge is 0.480 e. The van der Waals surface area contributed by atoms with Crippen molar-refractivity contribution < 1.29 is 39.3 Å². The number of hydrogen-bond donors (Lipinski definition) is 9. The van der Waals surface area contributed by atoms with E-state index in [1.807, 2.05) is 21.5 Å². The molecule has 0 fully saturated rings. The number of nitrogens with two attached hydrogens (primary N) is 2. The first-order chi connectivity index (χ1) is 12.5. The minimum atomic E-state index is -1.67. The van der Waals surface area contributed by atoms with E-state index in [2.05, 4.69) is 0 Å². The molecule has 0 spiro atoms. The van der Waals surface area contributed by atoms with E-state index in [9.17, 15) is 29.1 Å². The maximum Gasteiger partial charge on any atom is 0.328 e. The molecule has 0 bridgehead atoms. The maximum atomic E-state index is 12.0. The van der Waals surface area contributed by atoms with Crippen LogP contribution in [0, 0.1) is 0 Å². The molecular weight excluding hydrogens is 368 g/mol. The average Bonchev–Trinajstić information content (AvgIpc) is 2.55. The molecule has 0 aliphatic carbocycles. The van der Waals surface area contributed by atoms with Crippen LogP contribution in [0.3, 0.4) is 0 Å². The Kier molecular flexibility index (Phi) is 10.3. The van der Waals surface area contributed by atoms with Crippen molar-refractivity contribution in [3.05, 3.63) is 0 Å². The second-order valence-electron chi connectivity index (χ2n) is 5.49. The van der Waals surface area contributed by atoms with Gasteiger partial charge in [-0.2, -0.15) is 0 Å². The molecule has 4 atom stereocenters. The Morgan fingerprint density at radius 3 is 2.04 bits per heavy atom. The number of carboxylic acids is 1. The molecule has 0 saturated heterocycles. The fourth-order valence-corrected chi connectivity index (χ4v) is 1.71. The van der Waals surface area contributed by atoms with Crippen LogP contribution in [-0.2, 0) is 19.2 Å². The van der Waals surface area contributed by atoms with Crippen LogP contribution in [0.2, 0.25) is 0 Å². The van der Waals surface area contributed by atoms with Gasteiger partial charge in [0.2, 0.25) is 5.91 Å². The van der Waals surface area contributed by atoms with Gasteiger partial charge in [0.15, 0.2) is 6.04 Å². The van der Waals surface area contributed by atoms with Crippen LogP contribution in [-0.4, -0.2) is 75.9 Å². The fourth-order valence-electron chi connectivity index (χ4n) is 1.71. The highest BCUT2D eigenvalue weighted by molar-refractivity contribution is 5.93. The van der Waals surface area contributed by atoms with Crippen molar-refractivity contribution in [2.24, 2.45) is 11.5 Å². The lowest BCUT2D eigenvalue weighted by Gasteiger charge is -2.21. The average molecular weight is 392 g/mol. The molecule has 0 heterocycles. The summed E-state index contributed by atoms with van der Waals surface area (Å²) in [6.07, 6.45) is -2.17. The zero-order valence-electron chi connectivity index (χ0n) is 14.5. The van der Waals surface area contributed by atoms with E-state index in [-0.39, 0.29) is 13.0 Å². The number of aliphatic carboxylic acids is 1.